The topological polar surface area (TPSA) is 97.7 Å². The third-order valence-electron chi connectivity index (χ3n) is 3.94. The molecule has 1 aromatic carbocycles. The number of carbonyl (C=O) groups excluding carboxylic acids is 1. The molecule has 2 heterocycles. The second-order valence-corrected chi connectivity index (χ2v) is 6.55. The smallest absolute Gasteiger partial charge is 0.247 e. The van der Waals surface area contributed by atoms with Gasteiger partial charge >= 0.3 is 0 Å². The number of anilines is 1. The molecule has 0 radical (unpaired) electrons. The summed E-state index contributed by atoms with van der Waals surface area (Å²) < 4.78 is 7.27. The number of nitrogens with zero attached hydrogens (tertiary/aromatic N) is 4. The third-order valence-corrected chi connectivity index (χ3v) is 4.58. The largest absolute Gasteiger partial charge is 0.496 e. The molecule has 26 heavy (non-hydrogen) atoms. The molecular formula is C17H20N6O2S. The summed E-state index contributed by atoms with van der Waals surface area (Å²) in [6, 6.07) is 8.91. The van der Waals surface area contributed by atoms with Crippen molar-refractivity contribution in [2.24, 2.45) is 0 Å². The number of methoxy groups -OCH3 is 1. The molecule has 2 N–H and O–H groups in total. The zero-order valence-electron chi connectivity index (χ0n) is 14.5. The Morgan fingerprint density at radius 2 is 2.19 bits per heavy atom. The summed E-state index contributed by atoms with van der Waals surface area (Å²) in [4.78, 5) is 12.8. The summed E-state index contributed by atoms with van der Waals surface area (Å²) in [6.45, 7) is 0. The molecule has 8 nitrogen and oxygen atoms in total. The Morgan fingerprint density at radius 1 is 1.38 bits per heavy atom. The molecule has 3 aromatic rings. The number of nitrogens with one attached hydrogen (secondary N) is 2. The maximum absolute atomic E-state index is 12.8. The van der Waals surface area contributed by atoms with Crippen molar-refractivity contribution in [2.45, 2.75) is 12.5 Å². The predicted molar refractivity (Wildman–Crippen MR) is 101 cm³/mol. The van der Waals surface area contributed by atoms with E-state index in [1.807, 2.05) is 35.3 Å². The van der Waals surface area contributed by atoms with E-state index in [2.05, 4.69) is 25.9 Å². The molecule has 0 aliphatic carbocycles. The number of amides is 1. The highest BCUT2D eigenvalue weighted by atomic mass is 32.2. The van der Waals surface area contributed by atoms with Crippen molar-refractivity contribution in [3.05, 3.63) is 42.7 Å². The third kappa shape index (κ3) is 4.05. The predicted octanol–water partition coefficient (Wildman–Crippen LogP) is 2.61. The van der Waals surface area contributed by atoms with Crippen LogP contribution < -0.4 is 10.1 Å². The normalized spacial score (nSPS) is 11.9. The number of ether oxygens (including phenoxy) is 1. The molecule has 0 spiro atoms. The van der Waals surface area contributed by atoms with Gasteiger partial charge in [-0.3, -0.25) is 4.79 Å². The van der Waals surface area contributed by atoms with Gasteiger partial charge in [0.1, 0.15) is 11.8 Å². The van der Waals surface area contributed by atoms with Gasteiger partial charge in [-0.05, 0) is 54.0 Å². The number of H-pyrrole nitrogens is 1. The Morgan fingerprint density at radius 3 is 2.85 bits per heavy atom. The number of rotatable bonds is 8. The van der Waals surface area contributed by atoms with Crippen molar-refractivity contribution in [1.29, 1.82) is 0 Å². The van der Waals surface area contributed by atoms with Gasteiger partial charge in [-0.1, -0.05) is 0 Å². The average molecular weight is 372 g/mol. The SMILES string of the molecule is COc1ccc(NC(=O)C(CCSC)n2cccc2)cc1-c1nn[nH]n1. The van der Waals surface area contributed by atoms with Crippen molar-refractivity contribution in [1.82, 2.24) is 25.2 Å². The van der Waals surface area contributed by atoms with Crippen LogP contribution in [0.2, 0.25) is 0 Å². The number of thioether (sulfide) groups is 1. The lowest BCUT2D eigenvalue weighted by molar-refractivity contribution is -0.119. The van der Waals surface area contributed by atoms with Gasteiger partial charge in [0.2, 0.25) is 11.7 Å². The summed E-state index contributed by atoms with van der Waals surface area (Å²) >= 11 is 1.72. The monoisotopic (exact) mass is 372 g/mol. The first-order valence-corrected chi connectivity index (χ1v) is 9.46. The lowest BCUT2D eigenvalue weighted by atomic mass is 10.1. The molecule has 0 aliphatic rings. The van der Waals surface area contributed by atoms with E-state index in [-0.39, 0.29) is 11.9 Å². The van der Waals surface area contributed by atoms with Gasteiger partial charge in [0.05, 0.1) is 12.7 Å². The lowest BCUT2D eigenvalue weighted by Gasteiger charge is -2.19. The number of aromatic amines is 1. The van der Waals surface area contributed by atoms with Crippen LogP contribution in [0.1, 0.15) is 12.5 Å². The van der Waals surface area contributed by atoms with Crippen LogP contribution in [0.5, 0.6) is 5.75 Å². The highest BCUT2D eigenvalue weighted by molar-refractivity contribution is 7.98. The van der Waals surface area contributed by atoms with E-state index < -0.39 is 0 Å². The number of benzene rings is 1. The van der Waals surface area contributed by atoms with Crippen LogP contribution in [0.4, 0.5) is 5.69 Å². The number of carbonyl (C=O) groups is 1. The molecule has 0 saturated heterocycles. The Labute approximate surface area is 155 Å². The summed E-state index contributed by atoms with van der Waals surface area (Å²) in [7, 11) is 1.57. The Bertz CT molecular complexity index is 835. The van der Waals surface area contributed by atoms with Crippen LogP contribution in [0.15, 0.2) is 42.7 Å². The van der Waals surface area contributed by atoms with Crippen molar-refractivity contribution in [2.75, 3.05) is 24.4 Å². The second-order valence-electron chi connectivity index (χ2n) is 5.57. The lowest BCUT2D eigenvalue weighted by Crippen LogP contribution is -2.26. The Balaban J connectivity index is 1.83. The number of hydrogen-bond acceptors (Lipinski definition) is 6. The van der Waals surface area contributed by atoms with Crippen molar-refractivity contribution >= 4 is 23.4 Å². The van der Waals surface area contributed by atoms with Gasteiger partial charge in [0.15, 0.2) is 0 Å². The molecule has 1 atom stereocenters. The summed E-state index contributed by atoms with van der Waals surface area (Å²) in [6.07, 6.45) is 6.59. The number of hydrogen-bond donors (Lipinski definition) is 2. The van der Waals surface area contributed by atoms with Gasteiger partial charge < -0.3 is 14.6 Å². The van der Waals surface area contributed by atoms with Crippen molar-refractivity contribution in [3.63, 3.8) is 0 Å². The van der Waals surface area contributed by atoms with E-state index in [0.717, 1.165) is 12.2 Å². The molecule has 1 amide bonds. The molecule has 2 aromatic heterocycles. The Hall–Kier alpha value is -2.81. The fraction of sp³-hybridized carbons (Fsp3) is 0.294. The second kappa shape index (κ2) is 8.52. The van der Waals surface area contributed by atoms with E-state index in [1.54, 1.807) is 37.1 Å². The maximum atomic E-state index is 12.8. The van der Waals surface area contributed by atoms with Gasteiger partial charge in [0, 0.05) is 18.1 Å². The van der Waals surface area contributed by atoms with Crippen LogP contribution in [0.25, 0.3) is 11.4 Å². The standard InChI is InChI=1S/C17H20N6O2S/c1-25-15-6-5-12(11-13(15)16-19-21-22-20-16)18-17(24)14(7-10-26-2)23-8-3-4-9-23/h3-6,8-9,11,14H,7,10H2,1-2H3,(H,18,24)(H,19,20,21,22). The first-order chi connectivity index (χ1) is 12.7. The average Bonchev–Trinajstić information content (AvgIpc) is 3.36. The molecule has 3 rings (SSSR count). The maximum Gasteiger partial charge on any atom is 0.247 e. The fourth-order valence-electron chi connectivity index (χ4n) is 2.66. The van der Waals surface area contributed by atoms with Crippen LogP contribution in [-0.4, -0.2) is 50.2 Å². The zero-order chi connectivity index (χ0) is 18.4. The van der Waals surface area contributed by atoms with Crippen LogP contribution in [-0.2, 0) is 4.79 Å². The van der Waals surface area contributed by atoms with Gasteiger partial charge in [-0.2, -0.15) is 17.0 Å². The Kier molecular flexibility index (Phi) is 5.90. The van der Waals surface area contributed by atoms with Gasteiger partial charge in [0.25, 0.3) is 0 Å². The molecular weight excluding hydrogens is 352 g/mol. The van der Waals surface area contributed by atoms with E-state index in [4.69, 9.17) is 4.74 Å². The van der Waals surface area contributed by atoms with Crippen LogP contribution in [0.3, 0.4) is 0 Å². The van der Waals surface area contributed by atoms with E-state index in [9.17, 15) is 4.79 Å². The van der Waals surface area contributed by atoms with E-state index >= 15 is 0 Å². The summed E-state index contributed by atoms with van der Waals surface area (Å²) in [5.74, 6) is 1.84. The zero-order valence-corrected chi connectivity index (χ0v) is 15.4. The highest BCUT2D eigenvalue weighted by Crippen LogP contribution is 2.30. The minimum absolute atomic E-state index is 0.0699. The van der Waals surface area contributed by atoms with E-state index in [1.165, 1.54) is 0 Å². The van der Waals surface area contributed by atoms with Gasteiger partial charge in [-0.25, -0.2) is 0 Å². The molecule has 0 saturated carbocycles. The number of aromatic nitrogens is 5. The highest BCUT2D eigenvalue weighted by Gasteiger charge is 2.20. The van der Waals surface area contributed by atoms with E-state index in [0.29, 0.717) is 22.8 Å². The molecule has 136 valence electrons. The summed E-state index contributed by atoms with van der Waals surface area (Å²) in [5, 5.41) is 16.9. The van der Waals surface area contributed by atoms with Gasteiger partial charge in [-0.15, -0.1) is 10.2 Å². The molecule has 1 unspecified atom stereocenters. The first-order valence-electron chi connectivity index (χ1n) is 8.07. The van der Waals surface area contributed by atoms with Crippen molar-refractivity contribution in [3.8, 4) is 17.1 Å². The molecule has 0 fully saturated rings. The quantitative estimate of drug-likeness (QED) is 0.631. The molecule has 9 heteroatoms. The van der Waals surface area contributed by atoms with Crippen molar-refractivity contribution < 1.29 is 9.53 Å². The first kappa shape index (κ1) is 18.0. The molecule has 0 bridgehead atoms. The molecule has 0 aliphatic heterocycles. The minimum atomic E-state index is -0.270. The van der Waals surface area contributed by atoms with Crippen LogP contribution >= 0.6 is 11.8 Å². The fourth-order valence-corrected chi connectivity index (χ4v) is 3.12. The summed E-state index contributed by atoms with van der Waals surface area (Å²) in [5.41, 5.74) is 1.30. The number of tetrazole rings is 1. The van der Waals surface area contributed by atoms with Crippen LogP contribution in [0, 0.1) is 0 Å². The minimum Gasteiger partial charge on any atom is -0.496 e.